The predicted octanol–water partition coefficient (Wildman–Crippen LogP) is 9.62. The van der Waals surface area contributed by atoms with E-state index in [1.165, 1.54) is 16.7 Å². The van der Waals surface area contributed by atoms with Gasteiger partial charge in [-0.05, 0) is 63.2 Å². The maximum absolute atomic E-state index is 5.09. The van der Waals surface area contributed by atoms with Gasteiger partial charge in [0.15, 0.2) is 5.84 Å². The molecule has 230 valence electrons. The molecule has 0 saturated heterocycles. The lowest BCUT2D eigenvalue weighted by Gasteiger charge is -2.26. The van der Waals surface area contributed by atoms with E-state index in [-0.39, 0.29) is 12.2 Å². The van der Waals surface area contributed by atoms with Crippen LogP contribution in [0.15, 0.2) is 192 Å². The molecule has 0 bridgehead atoms. The van der Waals surface area contributed by atoms with Gasteiger partial charge in [0, 0.05) is 16.8 Å². The Morgan fingerprint density at radius 2 is 0.979 bits per heavy atom. The Balaban J connectivity index is 1.13. The summed E-state index contributed by atoms with van der Waals surface area (Å²) in [5.74, 6) is 1.53. The van der Waals surface area contributed by atoms with E-state index in [0.717, 1.165) is 50.7 Å². The van der Waals surface area contributed by atoms with Gasteiger partial charge in [-0.25, -0.2) is 9.98 Å². The average Bonchev–Trinajstić information content (AvgIpc) is 3.19. The lowest BCUT2D eigenvalue weighted by atomic mass is 9.92. The van der Waals surface area contributed by atoms with Crippen LogP contribution in [-0.4, -0.2) is 11.7 Å². The monoisotopic (exact) mass is 618 g/mol. The summed E-state index contributed by atoms with van der Waals surface area (Å²) >= 11 is 0. The minimum atomic E-state index is -0.288. The standard InChI is InChI=1S/C44H34N4/c1-5-15-31(16-6-1)39-29-40(32-17-7-2-8-18-32)45-41(30-39)37-25-13-23-35(27-37)36-24-14-26-38(28-36)44-47-42(33-19-9-3-10-20-33)46-43(48-44)34-21-11-4-12-22-34/h1-30,40,44-45H,(H,46,47,48). The Bertz CT molecular complexity index is 2170. The van der Waals surface area contributed by atoms with Gasteiger partial charge in [0.25, 0.3) is 0 Å². The van der Waals surface area contributed by atoms with Crippen LogP contribution in [0.3, 0.4) is 0 Å². The van der Waals surface area contributed by atoms with Crippen molar-refractivity contribution in [3.05, 3.63) is 215 Å². The highest BCUT2D eigenvalue weighted by atomic mass is 15.2. The van der Waals surface area contributed by atoms with E-state index in [9.17, 15) is 0 Å². The van der Waals surface area contributed by atoms with Gasteiger partial charge in [0.05, 0.1) is 6.04 Å². The first-order chi connectivity index (χ1) is 23.8. The molecule has 2 unspecified atom stereocenters. The third kappa shape index (κ3) is 6.24. The summed E-state index contributed by atoms with van der Waals surface area (Å²) in [7, 11) is 0. The maximum Gasteiger partial charge on any atom is 0.159 e. The molecule has 2 N–H and O–H groups in total. The second kappa shape index (κ2) is 13.2. The van der Waals surface area contributed by atoms with Gasteiger partial charge in [-0.15, -0.1) is 0 Å². The third-order valence-electron chi connectivity index (χ3n) is 8.75. The van der Waals surface area contributed by atoms with Crippen molar-refractivity contribution in [3.63, 3.8) is 0 Å². The summed E-state index contributed by atoms with van der Waals surface area (Å²) in [6.07, 6.45) is 4.29. The predicted molar refractivity (Wildman–Crippen MR) is 198 cm³/mol. The first kappa shape index (κ1) is 29.2. The second-order valence-corrected chi connectivity index (χ2v) is 12.0. The highest BCUT2D eigenvalue weighted by Gasteiger charge is 2.22. The molecule has 2 aliphatic heterocycles. The van der Waals surface area contributed by atoms with Crippen LogP contribution in [-0.2, 0) is 0 Å². The van der Waals surface area contributed by atoms with Gasteiger partial charge in [0.1, 0.15) is 12.0 Å². The lowest BCUT2D eigenvalue weighted by molar-refractivity contribution is 0.674. The highest BCUT2D eigenvalue weighted by molar-refractivity contribution is 6.13. The molecule has 2 aliphatic rings. The summed E-state index contributed by atoms with van der Waals surface area (Å²) < 4.78 is 0. The molecule has 0 saturated carbocycles. The van der Waals surface area contributed by atoms with Crippen molar-refractivity contribution in [2.45, 2.75) is 12.2 Å². The highest BCUT2D eigenvalue weighted by Crippen LogP contribution is 2.34. The van der Waals surface area contributed by atoms with E-state index in [2.05, 4.69) is 156 Å². The minimum absolute atomic E-state index is 0.0583. The molecule has 48 heavy (non-hydrogen) atoms. The number of aliphatic imine (C=N–C) groups is 2. The number of hydrogen-bond donors (Lipinski definition) is 2. The molecule has 4 nitrogen and oxygen atoms in total. The van der Waals surface area contributed by atoms with Crippen molar-refractivity contribution in [1.29, 1.82) is 0 Å². The minimum Gasteiger partial charge on any atom is -0.374 e. The summed E-state index contributed by atoms with van der Waals surface area (Å²) in [6.45, 7) is 0. The third-order valence-corrected chi connectivity index (χ3v) is 8.75. The Kier molecular flexibility index (Phi) is 8.04. The normalized spacial score (nSPS) is 17.2. The van der Waals surface area contributed by atoms with E-state index < -0.39 is 0 Å². The van der Waals surface area contributed by atoms with Crippen molar-refractivity contribution in [2.24, 2.45) is 9.98 Å². The fourth-order valence-corrected chi connectivity index (χ4v) is 6.28. The van der Waals surface area contributed by atoms with Crippen LogP contribution in [0.4, 0.5) is 0 Å². The smallest absolute Gasteiger partial charge is 0.159 e. The molecule has 0 aliphatic carbocycles. The topological polar surface area (TPSA) is 48.8 Å². The molecule has 0 fully saturated rings. The van der Waals surface area contributed by atoms with Crippen LogP contribution in [0.25, 0.3) is 22.4 Å². The molecule has 2 heterocycles. The molecule has 4 heteroatoms. The number of dihydropyridines is 1. The van der Waals surface area contributed by atoms with Crippen molar-refractivity contribution in [2.75, 3.05) is 0 Å². The molecular formula is C44H34N4. The largest absolute Gasteiger partial charge is 0.374 e. The number of nitrogens with zero attached hydrogens (tertiary/aromatic N) is 2. The molecule has 6 aromatic rings. The number of allylic oxidation sites excluding steroid dienone is 2. The molecule has 0 radical (unpaired) electrons. The summed E-state index contributed by atoms with van der Waals surface area (Å²) in [5.41, 5.74) is 11.2. The fourth-order valence-electron chi connectivity index (χ4n) is 6.28. The van der Waals surface area contributed by atoms with Crippen LogP contribution in [0.5, 0.6) is 0 Å². The van der Waals surface area contributed by atoms with E-state index in [0.29, 0.717) is 0 Å². The van der Waals surface area contributed by atoms with Gasteiger partial charge in [-0.3, -0.25) is 0 Å². The zero-order valence-electron chi connectivity index (χ0n) is 26.4. The van der Waals surface area contributed by atoms with Crippen LogP contribution >= 0.6 is 0 Å². The quantitative estimate of drug-likeness (QED) is 0.187. The fraction of sp³-hybridized carbons (Fsp3) is 0.0455. The zero-order valence-corrected chi connectivity index (χ0v) is 26.4. The first-order valence-electron chi connectivity index (χ1n) is 16.3. The molecule has 2 atom stereocenters. The summed E-state index contributed by atoms with van der Waals surface area (Å²) in [4.78, 5) is 10.0. The van der Waals surface area contributed by atoms with Crippen LogP contribution in [0.1, 0.15) is 45.6 Å². The Morgan fingerprint density at radius 3 is 1.69 bits per heavy atom. The number of rotatable bonds is 7. The summed E-state index contributed by atoms with van der Waals surface area (Å²) in [6, 6.07) is 59.2. The Morgan fingerprint density at radius 1 is 0.438 bits per heavy atom. The molecule has 0 amide bonds. The Hall–Kier alpha value is -6.26. The van der Waals surface area contributed by atoms with Gasteiger partial charge >= 0.3 is 0 Å². The Labute approximate surface area is 281 Å². The van der Waals surface area contributed by atoms with Gasteiger partial charge in [0.2, 0.25) is 0 Å². The number of nitrogens with one attached hydrogen (secondary N) is 2. The molecule has 8 rings (SSSR count). The molecular weight excluding hydrogens is 585 g/mol. The average molecular weight is 619 g/mol. The van der Waals surface area contributed by atoms with E-state index in [4.69, 9.17) is 9.98 Å². The first-order valence-corrected chi connectivity index (χ1v) is 16.3. The van der Waals surface area contributed by atoms with Crippen LogP contribution < -0.4 is 10.6 Å². The van der Waals surface area contributed by atoms with Crippen molar-refractivity contribution in [3.8, 4) is 11.1 Å². The van der Waals surface area contributed by atoms with E-state index >= 15 is 0 Å². The summed E-state index contributed by atoms with van der Waals surface area (Å²) in [5, 5.41) is 7.42. The molecule has 0 aromatic heterocycles. The lowest BCUT2D eigenvalue weighted by Crippen LogP contribution is -2.33. The molecule has 6 aromatic carbocycles. The van der Waals surface area contributed by atoms with E-state index in [1.807, 2.05) is 36.4 Å². The van der Waals surface area contributed by atoms with Gasteiger partial charge < -0.3 is 10.6 Å². The zero-order chi connectivity index (χ0) is 32.1. The van der Waals surface area contributed by atoms with E-state index in [1.54, 1.807) is 0 Å². The second-order valence-electron chi connectivity index (χ2n) is 12.0. The van der Waals surface area contributed by atoms with Gasteiger partial charge in [-0.2, -0.15) is 0 Å². The van der Waals surface area contributed by atoms with Crippen LogP contribution in [0.2, 0.25) is 0 Å². The van der Waals surface area contributed by atoms with Crippen molar-refractivity contribution in [1.82, 2.24) is 10.6 Å². The van der Waals surface area contributed by atoms with Crippen LogP contribution in [0, 0.1) is 0 Å². The number of amidine groups is 2. The SMILES string of the molecule is C1=C(c2ccccc2)C=C(c2cccc(-c3cccc(C4N=C(c5ccccc5)N=C(c5ccccc5)N4)c3)c2)NC1c1ccccc1. The maximum atomic E-state index is 5.09. The van der Waals surface area contributed by atoms with Crippen molar-refractivity contribution >= 4 is 22.9 Å². The number of hydrogen-bond acceptors (Lipinski definition) is 4. The van der Waals surface area contributed by atoms with Crippen molar-refractivity contribution < 1.29 is 0 Å². The molecule has 0 spiro atoms. The van der Waals surface area contributed by atoms with Gasteiger partial charge in [-0.1, -0.05) is 158 Å². The number of benzene rings is 6.